The van der Waals surface area contributed by atoms with Crippen molar-refractivity contribution in [1.29, 1.82) is 0 Å². The highest BCUT2D eigenvalue weighted by Gasteiger charge is 2.46. The smallest absolute Gasteiger partial charge is 0.295 e. The lowest BCUT2D eigenvalue weighted by molar-refractivity contribution is -0.140. The number of carbonyl (C=O) groups is 2. The van der Waals surface area contributed by atoms with Gasteiger partial charge in [0.25, 0.3) is 11.7 Å². The lowest BCUT2D eigenvalue weighted by Gasteiger charge is -2.26. The first-order valence-electron chi connectivity index (χ1n) is 11.3. The predicted molar refractivity (Wildman–Crippen MR) is 130 cm³/mol. The van der Waals surface area contributed by atoms with Gasteiger partial charge in [0.15, 0.2) is 0 Å². The summed E-state index contributed by atoms with van der Waals surface area (Å²) in [7, 11) is 1.49. The van der Waals surface area contributed by atoms with Crippen LogP contribution in [0.2, 0.25) is 0 Å². The number of aliphatic hydroxyl groups is 1. The standard InChI is InChI=1S/C27H33NO6/c1-16(2)34-14-13-28-23(17-7-10-19(29)11-8-17)22(25(31)26(28)32)24(30)20-15-18(27(3,4)5)9-12-21(20)33-6/h7-12,15-16,23,29-30H,13-14H2,1-6H3/b24-22+. The molecule has 2 aromatic carbocycles. The van der Waals surface area contributed by atoms with Crippen LogP contribution in [-0.2, 0) is 19.7 Å². The third kappa shape index (κ3) is 5.09. The molecule has 0 spiro atoms. The molecule has 1 heterocycles. The average molecular weight is 468 g/mol. The van der Waals surface area contributed by atoms with Gasteiger partial charge in [-0.1, -0.05) is 39.0 Å². The van der Waals surface area contributed by atoms with Crippen LogP contribution in [0.15, 0.2) is 48.0 Å². The molecule has 0 saturated carbocycles. The number of likely N-dealkylation sites (tertiary alicyclic amines) is 1. The van der Waals surface area contributed by atoms with Crippen molar-refractivity contribution in [3.05, 3.63) is 64.7 Å². The van der Waals surface area contributed by atoms with Gasteiger partial charge in [-0.2, -0.15) is 0 Å². The molecule has 1 atom stereocenters. The van der Waals surface area contributed by atoms with Crippen molar-refractivity contribution in [3.63, 3.8) is 0 Å². The Labute approximate surface area is 200 Å². The van der Waals surface area contributed by atoms with Crippen molar-refractivity contribution in [1.82, 2.24) is 4.90 Å². The minimum atomic E-state index is -0.834. The van der Waals surface area contributed by atoms with E-state index in [4.69, 9.17) is 9.47 Å². The summed E-state index contributed by atoms with van der Waals surface area (Å²) in [6.07, 6.45) is -0.0339. The minimum Gasteiger partial charge on any atom is -0.508 e. The van der Waals surface area contributed by atoms with Gasteiger partial charge in [-0.05, 0) is 54.7 Å². The molecule has 0 radical (unpaired) electrons. The van der Waals surface area contributed by atoms with E-state index in [0.29, 0.717) is 16.9 Å². The van der Waals surface area contributed by atoms with Crippen molar-refractivity contribution in [2.24, 2.45) is 0 Å². The Balaban J connectivity index is 2.19. The maximum atomic E-state index is 13.2. The number of ketones is 1. The Morgan fingerprint density at radius 1 is 1.09 bits per heavy atom. The van der Waals surface area contributed by atoms with E-state index in [2.05, 4.69) is 0 Å². The molecule has 1 aliphatic rings. The van der Waals surface area contributed by atoms with E-state index in [0.717, 1.165) is 5.56 Å². The number of rotatable bonds is 7. The number of Topliss-reactive ketones (excluding diaryl/α,β-unsaturated/α-hetero) is 1. The number of aromatic hydroxyl groups is 1. The molecule has 1 amide bonds. The first-order valence-corrected chi connectivity index (χ1v) is 11.3. The Morgan fingerprint density at radius 2 is 1.74 bits per heavy atom. The highest BCUT2D eigenvalue weighted by Crippen LogP contribution is 2.42. The number of amides is 1. The van der Waals surface area contributed by atoms with Crippen molar-refractivity contribution < 1.29 is 29.3 Å². The summed E-state index contributed by atoms with van der Waals surface area (Å²) in [5.74, 6) is -1.33. The fourth-order valence-electron chi connectivity index (χ4n) is 4.01. The number of hydrogen-bond donors (Lipinski definition) is 2. The van der Waals surface area contributed by atoms with Crippen LogP contribution in [0, 0.1) is 0 Å². The lowest BCUT2D eigenvalue weighted by atomic mass is 9.85. The van der Waals surface area contributed by atoms with Crippen LogP contribution in [0.3, 0.4) is 0 Å². The van der Waals surface area contributed by atoms with Gasteiger partial charge in [-0.15, -0.1) is 0 Å². The van der Waals surface area contributed by atoms with Crippen LogP contribution in [0.4, 0.5) is 0 Å². The number of methoxy groups -OCH3 is 1. The van der Waals surface area contributed by atoms with Gasteiger partial charge in [-0.25, -0.2) is 0 Å². The van der Waals surface area contributed by atoms with Gasteiger partial charge in [-0.3, -0.25) is 9.59 Å². The molecular weight excluding hydrogens is 434 g/mol. The van der Waals surface area contributed by atoms with E-state index in [1.807, 2.05) is 40.7 Å². The Bertz CT molecular complexity index is 1100. The molecule has 3 rings (SSSR count). The largest absolute Gasteiger partial charge is 0.508 e. The second-order valence-electron chi connectivity index (χ2n) is 9.67. The zero-order chi connectivity index (χ0) is 25.2. The number of carbonyl (C=O) groups excluding carboxylic acids is 2. The minimum absolute atomic E-state index is 0.0235. The van der Waals surface area contributed by atoms with Gasteiger partial charge in [0.05, 0.1) is 37.0 Å². The fourth-order valence-corrected chi connectivity index (χ4v) is 4.01. The summed E-state index contributed by atoms with van der Waals surface area (Å²) in [4.78, 5) is 27.7. The molecule has 2 aromatic rings. The molecule has 1 saturated heterocycles. The first kappa shape index (κ1) is 25.3. The molecule has 0 bridgehead atoms. The third-order valence-corrected chi connectivity index (χ3v) is 5.85. The number of nitrogens with zero attached hydrogens (tertiary/aromatic N) is 1. The van der Waals surface area contributed by atoms with Crippen LogP contribution >= 0.6 is 0 Å². The summed E-state index contributed by atoms with van der Waals surface area (Å²) in [5.41, 5.74) is 1.64. The molecule has 0 aliphatic carbocycles. The number of ether oxygens (including phenoxy) is 2. The van der Waals surface area contributed by atoms with Gasteiger partial charge in [0, 0.05) is 6.54 Å². The number of phenolic OH excluding ortho intramolecular Hbond substituents is 1. The zero-order valence-electron chi connectivity index (χ0n) is 20.6. The maximum Gasteiger partial charge on any atom is 0.295 e. The molecule has 0 aromatic heterocycles. The highest BCUT2D eigenvalue weighted by molar-refractivity contribution is 6.46. The number of phenols is 1. The number of benzene rings is 2. The summed E-state index contributed by atoms with van der Waals surface area (Å²) in [6.45, 7) is 10.3. The summed E-state index contributed by atoms with van der Waals surface area (Å²) in [5, 5.41) is 21.2. The van der Waals surface area contributed by atoms with Gasteiger partial charge >= 0.3 is 0 Å². The topological polar surface area (TPSA) is 96.3 Å². The molecule has 1 aliphatic heterocycles. The third-order valence-electron chi connectivity index (χ3n) is 5.85. The van der Waals surface area contributed by atoms with Crippen LogP contribution in [0.1, 0.15) is 57.4 Å². The van der Waals surface area contributed by atoms with Crippen LogP contribution in [0.25, 0.3) is 5.76 Å². The van der Waals surface area contributed by atoms with Gasteiger partial charge in [0.2, 0.25) is 0 Å². The maximum absolute atomic E-state index is 13.2. The second kappa shape index (κ2) is 9.89. The Morgan fingerprint density at radius 3 is 2.29 bits per heavy atom. The quantitative estimate of drug-likeness (QED) is 0.352. The fraction of sp³-hybridized carbons (Fsp3) is 0.407. The van der Waals surface area contributed by atoms with E-state index in [9.17, 15) is 19.8 Å². The van der Waals surface area contributed by atoms with Gasteiger partial charge in [0.1, 0.15) is 17.3 Å². The van der Waals surface area contributed by atoms with Gasteiger partial charge < -0.3 is 24.6 Å². The van der Waals surface area contributed by atoms with E-state index in [-0.39, 0.29) is 41.8 Å². The molecule has 34 heavy (non-hydrogen) atoms. The predicted octanol–water partition coefficient (Wildman–Crippen LogP) is 4.55. The van der Waals surface area contributed by atoms with E-state index in [1.54, 1.807) is 24.3 Å². The first-order chi connectivity index (χ1) is 16.0. The van der Waals surface area contributed by atoms with Crippen molar-refractivity contribution in [2.75, 3.05) is 20.3 Å². The molecular formula is C27H33NO6. The zero-order valence-corrected chi connectivity index (χ0v) is 20.6. The molecule has 2 N–H and O–H groups in total. The lowest BCUT2D eigenvalue weighted by Crippen LogP contribution is -2.33. The van der Waals surface area contributed by atoms with Crippen molar-refractivity contribution in [2.45, 2.75) is 52.2 Å². The summed E-state index contributed by atoms with van der Waals surface area (Å²) < 4.78 is 11.1. The SMILES string of the molecule is COc1ccc(C(C)(C)C)cc1/C(O)=C1\C(=O)C(=O)N(CCOC(C)C)C1c1ccc(O)cc1. The number of aliphatic hydroxyl groups excluding tert-OH is 1. The Hall–Kier alpha value is -3.32. The van der Waals surface area contributed by atoms with E-state index >= 15 is 0 Å². The molecule has 182 valence electrons. The van der Waals surface area contributed by atoms with E-state index in [1.165, 1.54) is 24.1 Å². The normalized spacial score (nSPS) is 18.1. The monoisotopic (exact) mass is 467 g/mol. The molecule has 7 heteroatoms. The van der Waals surface area contributed by atoms with Crippen LogP contribution in [0.5, 0.6) is 11.5 Å². The summed E-state index contributed by atoms with van der Waals surface area (Å²) in [6, 6.07) is 10.9. The second-order valence-corrected chi connectivity index (χ2v) is 9.67. The van der Waals surface area contributed by atoms with E-state index < -0.39 is 17.7 Å². The molecule has 7 nitrogen and oxygen atoms in total. The highest BCUT2D eigenvalue weighted by atomic mass is 16.5. The van der Waals surface area contributed by atoms with Crippen molar-refractivity contribution >= 4 is 17.4 Å². The summed E-state index contributed by atoms with van der Waals surface area (Å²) >= 11 is 0. The molecule has 1 unspecified atom stereocenters. The van der Waals surface area contributed by atoms with Crippen LogP contribution in [-0.4, -0.2) is 53.2 Å². The molecule has 1 fully saturated rings. The number of hydrogen-bond acceptors (Lipinski definition) is 6. The Kier molecular flexibility index (Phi) is 7.36. The van der Waals surface area contributed by atoms with Crippen molar-refractivity contribution in [3.8, 4) is 11.5 Å². The average Bonchev–Trinajstić information content (AvgIpc) is 3.03. The van der Waals surface area contributed by atoms with Crippen LogP contribution < -0.4 is 4.74 Å².